The molecule has 0 amide bonds. The fourth-order valence-electron chi connectivity index (χ4n) is 2.28. The average Bonchev–Trinajstić information content (AvgIpc) is 3.05. The fourth-order valence-corrected chi connectivity index (χ4v) is 2.28. The molecular formula is C14H17N3O3. The first kappa shape index (κ1) is 12.9. The first-order chi connectivity index (χ1) is 9.63. The van der Waals surface area contributed by atoms with E-state index in [4.69, 9.17) is 4.42 Å². The lowest BCUT2D eigenvalue weighted by atomic mass is 10.2. The summed E-state index contributed by atoms with van der Waals surface area (Å²) in [5.74, 6) is -0.478. The van der Waals surface area contributed by atoms with Crippen molar-refractivity contribution in [1.82, 2.24) is 14.8 Å². The average molecular weight is 275 g/mol. The van der Waals surface area contributed by atoms with Crippen molar-refractivity contribution in [1.29, 1.82) is 0 Å². The second-order valence-corrected chi connectivity index (χ2v) is 5.00. The molecule has 6 heteroatoms. The summed E-state index contributed by atoms with van der Waals surface area (Å²) in [6, 6.07) is 1.91. The Balaban J connectivity index is 2.07. The molecule has 2 heterocycles. The van der Waals surface area contributed by atoms with E-state index in [0.717, 1.165) is 30.7 Å². The largest absolute Gasteiger partial charge is 0.475 e. The molecule has 0 radical (unpaired) electrons. The van der Waals surface area contributed by atoms with Gasteiger partial charge in [-0.05, 0) is 32.3 Å². The van der Waals surface area contributed by atoms with Gasteiger partial charge in [0.2, 0.25) is 11.7 Å². The molecule has 0 atom stereocenters. The normalized spacial score (nSPS) is 14.7. The molecule has 106 valence electrons. The Morgan fingerprint density at radius 3 is 2.80 bits per heavy atom. The maximum Gasteiger partial charge on any atom is 0.373 e. The molecule has 6 nitrogen and oxygen atoms in total. The molecule has 1 saturated carbocycles. The molecule has 0 unspecified atom stereocenters. The molecule has 1 aliphatic rings. The van der Waals surface area contributed by atoms with Crippen molar-refractivity contribution < 1.29 is 14.3 Å². The van der Waals surface area contributed by atoms with Crippen LogP contribution in [0.3, 0.4) is 0 Å². The van der Waals surface area contributed by atoms with Gasteiger partial charge in [-0.3, -0.25) is 4.68 Å². The van der Waals surface area contributed by atoms with Crippen LogP contribution in [0.1, 0.15) is 54.5 Å². The molecule has 2 aromatic rings. The zero-order valence-corrected chi connectivity index (χ0v) is 11.6. The minimum absolute atomic E-state index is 0.0237. The summed E-state index contributed by atoms with van der Waals surface area (Å²) in [5, 5.41) is 13.7. The zero-order valence-electron chi connectivity index (χ0n) is 11.6. The lowest BCUT2D eigenvalue weighted by Gasteiger charge is -1.99. The Morgan fingerprint density at radius 2 is 2.25 bits per heavy atom. The number of oxazole rings is 1. The predicted molar refractivity (Wildman–Crippen MR) is 71.7 cm³/mol. The summed E-state index contributed by atoms with van der Waals surface area (Å²) < 4.78 is 7.29. The van der Waals surface area contributed by atoms with Gasteiger partial charge in [-0.2, -0.15) is 5.10 Å². The Bertz CT molecular complexity index is 653. The van der Waals surface area contributed by atoms with Crippen LogP contribution in [0.5, 0.6) is 0 Å². The van der Waals surface area contributed by atoms with Crippen LogP contribution in [-0.4, -0.2) is 25.8 Å². The third kappa shape index (κ3) is 2.11. The van der Waals surface area contributed by atoms with E-state index >= 15 is 0 Å². The SMILES string of the molecule is CCc1cc(-c2nc(C3CC3)c(C(=O)O)o2)n(CC)n1. The minimum atomic E-state index is -1.05. The van der Waals surface area contributed by atoms with Gasteiger partial charge in [0.25, 0.3) is 0 Å². The summed E-state index contributed by atoms with van der Waals surface area (Å²) in [7, 11) is 0. The maximum absolute atomic E-state index is 11.3. The van der Waals surface area contributed by atoms with Gasteiger partial charge in [0.15, 0.2) is 0 Å². The Labute approximate surface area is 116 Å². The van der Waals surface area contributed by atoms with Crippen LogP contribution in [0.4, 0.5) is 0 Å². The highest BCUT2D eigenvalue weighted by Gasteiger charge is 2.34. The van der Waals surface area contributed by atoms with Crippen molar-refractivity contribution in [3.63, 3.8) is 0 Å². The van der Waals surface area contributed by atoms with E-state index in [9.17, 15) is 9.90 Å². The third-order valence-electron chi connectivity index (χ3n) is 3.52. The molecule has 0 aromatic carbocycles. The van der Waals surface area contributed by atoms with E-state index in [1.807, 2.05) is 19.9 Å². The van der Waals surface area contributed by atoms with Crippen LogP contribution in [0.25, 0.3) is 11.6 Å². The van der Waals surface area contributed by atoms with Gasteiger partial charge < -0.3 is 9.52 Å². The number of hydrogen-bond donors (Lipinski definition) is 1. The first-order valence-corrected chi connectivity index (χ1v) is 6.95. The van der Waals surface area contributed by atoms with E-state index in [-0.39, 0.29) is 11.7 Å². The fraction of sp³-hybridized carbons (Fsp3) is 0.500. The lowest BCUT2D eigenvalue weighted by molar-refractivity contribution is 0.0661. The molecule has 2 aromatic heterocycles. The Morgan fingerprint density at radius 1 is 1.50 bits per heavy atom. The molecular weight excluding hydrogens is 258 g/mol. The van der Waals surface area contributed by atoms with E-state index < -0.39 is 5.97 Å². The highest BCUT2D eigenvalue weighted by atomic mass is 16.4. The number of nitrogens with zero attached hydrogens (tertiary/aromatic N) is 3. The van der Waals surface area contributed by atoms with Crippen molar-refractivity contribution in [3.05, 3.63) is 23.2 Å². The highest BCUT2D eigenvalue weighted by molar-refractivity contribution is 5.86. The number of carboxylic acids is 1. The van der Waals surface area contributed by atoms with Gasteiger partial charge in [0.05, 0.1) is 11.4 Å². The third-order valence-corrected chi connectivity index (χ3v) is 3.52. The molecule has 0 bridgehead atoms. The number of aromatic nitrogens is 3. The van der Waals surface area contributed by atoms with Crippen LogP contribution in [0.15, 0.2) is 10.5 Å². The number of carboxylic acid groups (broad SMARTS) is 1. The molecule has 0 aliphatic heterocycles. The van der Waals surface area contributed by atoms with Gasteiger partial charge in [-0.25, -0.2) is 9.78 Å². The van der Waals surface area contributed by atoms with Crippen molar-refractivity contribution in [2.24, 2.45) is 0 Å². The van der Waals surface area contributed by atoms with Gasteiger partial charge in [0.1, 0.15) is 5.69 Å². The molecule has 20 heavy (non-hydrogen) atoms. The number of aromatic carboxylic acids is 1. The van der Waals surface area contributed by atoms with Crippen LogP contribution in [0, 0.1) is 0 Å². The zero-order chi connectivity index (χ0) is 14.3. The molecule has 0 saturated heterocycles. The number of aryl methyl sites for hydroxylation is 2. The summed E-state index contributed by atoms with van der Waals surface area (Å²) in [6.07, 6.45) is 2.79. The van der Waals surface area contributed by atoms with Gasteiger partial charge >= 0.3 is 5.97 Å². The first-order valence-electron chi connectivity index (χ1n) is 6.95. The van der Waals surface area contributed by atoms with E-state index in [0.29, 0.717) is 18.1 Å². The number of hydrogen-bond acceptors (Lipinski definition) is 4. The predicted octanol–water partition coefficient (Wildman–Crippen LogP) is 2.70. The Kier molecular flexibility index (Phi) is 3.08. The number of rotatable bonds is 5. The van der Waals surface area contributed by atoms with E-state index in [1.54, 1.807) is 4.68 Å². The maximum atomic E-state index is 11.3. The van der Waals surface area contributed by atoms with Crippen molar-refractivity contribution in [2.45, 2.75) is 45.6 Å². The molecule has 3 rings (SSSR count). The van der Waals surface area contributed by atoms with Crippen LogP contribution >= 0.6 is 0 Å². The quantitative estimate of drug-likeness (QED) is 0.907. The standard InChI is InChI=1S/C14H17N3O3/c1-3-9-7-10(17(4-2)16-9)13-15-11(8-5-6-8)12(20-13)14(18)19/h7-8H,3-6H2,1-2H3,(H,18,19). The summed E-state index contributed by atoms with van der Waals surface area (Å²) in [5.41, 5.74) is 2.28. The van der Waals surface area contributed by atoms with E-state index in [1.165, 1.54) is 0 Å². The van der Waals surface area contributed by atoms with Crippen LogP contribution in [0.2, 0.25) is 0 Å². The minimum Gasteiger partial charge on any atom is -0.475 e. The van der Waals surface area contributed by atoms with Crippen LogP contribution < -0.4 is 0 Å². The van der Waals surface area contributed by atoms with E-state index in [2.05, 4.69) is 10.1 Å². The van der Waals surface area contributed by atoms with Crippen molar-refractivity contribution in [3.8, 4) is 11.6 Å². The Hall–Kier alpha value is -2.11. The summed E-state index contributed by atoms with van der Waals surface area (Å²) in [4.78, 5) is 15.7. The van der Waals surface area contributed by atoms with Gasteiger partial charge in [-0.15, -0.1) is 0 Å². The topological polar surface area (TPSA) is 81.1 Å². The molecule has 1 fully saturated rings. The molecule has 1 aliphatic carbocycles. The van der Waals surface area contributed by atoms with Gasteiger partial charge in [0, 0.05) is 12.5 Å². The second kappa shape index (κ2) is 4.77. The number of carbonyl (C=O) groups is 1. The smallest absolute Gasteiger partial charge is 0.373 e. The monoisotopic (exact) mass is 275 g/mol. The molecule has 0 spiro atoms. The summed E-state index contributed by atoms with van der Waals surface area (Å²) in [6.45, 7) is 4.71. The van der Waals surface area contributed by atoms with Gasteiger partial charge in [-0.1, -0.05) is 6.92 Å². The van der Waals surface area contributed by atoms with Crippen molar-refractivity contribution in [2.75, 3.05) is 0 Å². The summed E-state index contributed by atoms with van der Waals surface area (Å²) >= 11 is 0. The second-order valence-electron chi connectivity index (χ2n) is 5.00. The lowest BCUT2D eigenvalue weighted by Crippen LogP contribution is -1.99. The van der Waals surface area contributed by atoms with Crippen LogP contribution in [-0.2, 0) is 13.0 Å². The highest BCUT2D eigenvalue weighted by Crippen LogP contribution is 2.42. The van der Waals surface area contributed by atoms with Crippen molar-refractivity contribution >= 4 is 5.97 Å². The molecule has 1 N–H and O–H groups in total.